The summed E-state index contributed by atoms with van der Waals surface area (Å²) in [6.45, 7) is 5.01. The van der Waals surface area contributed by atoms with Gasteiger partial charge in [0.1, 0.15) is 23.0 Å². The number of alkyl carbamates (subject to hydrolysis) is 1. The van der Waals surface area contributed by atoms with E-state index in [-0.39, 0.29) is 51.1 Å². The quantitative estimate of drug-likeness (QED) is 0.257. The van der Waals surface area contributed by atoms with Crippen molar-refractivity contribution in [2.45, 2.75) is 32.5 Å². The van der Waals surface area contributed by atoms with Crippen molar-refractivity contribution in [1.82, 2.24) is 15.6 Å². The SMILES string of the molecule is CC(C)(C)OC(=O)NCCNC(=O)c1cc(Cl)cc(-c2cc(-c3cc(C(F)(F)F)ccc3Cl)c(C#N)c(=O)[nH]2)c1O. The van der Waals surface area contributed by atoms with Crippen LogP contribution in [0.15, 0.2) is 41.2 Å². The van der Waals surface area contributed by atoms with Crippen LogP contribution in [0.4, 0.5) is 18.0 Å². The van der Waals surface area contributed by atoms with Crippen LogP contribution in [0.2, 0.25) is 10.0 Å². The van der Waals surface area contributed by atoms with E-state index in [1.54, 1.807) is 26.8 Å². The molecule has 3 rings (SSSR count). The van der Waals surface area contributed by atoms with Crippen molar-refractivity contribution < 1.29 is 32.6 Å². The van der Waals surface area contributed by atoms with Crippen LogP contribution in [0.25, 0.3) is 22.4 Å². The number of aromatic hydroxyl groups is 1. The monoisotopic (exact) mass is 610 g/mol. The van der Waals surface area contributed by atoms with Gasteiger partial charge in [0.2, 0.25) is 0 Å². The molecule has 0 radical (unpaired) electrons. The fraction of sp³-hybridized carbons (Fsp3) is 0.259. The standard InChI is InChI=1S/C27H23Cl2F3N4O5/c1-26(2,3)41-25(40)35-7-6-34-23(38)18-10-14(28)9-17(22(18)37)21-11-15(19(12-33)24(39)36-21)16-8-13(27(30,31)32)4-5-20(16)29/h4-5,8-11,37H,6-7H2,1-3H3,(H,34,38)(H,35,40)(H,36,39). The molecule has 4 N–H and O–H groups in total. The number of benzene rings is 2. The lowest BCUT2D eigenvalue weighted by Crippen LogP contribution is -2.37. The lowest BCUT2D eigenvalue weighted by atomic mass is 9.96. The minimum absolute atomic E-state index is 0.00110. The van der Waals surface area contributed by atoms with Crippen molar-refractivity contribution in [2.75, 3.05) is 13.1 Å². The first-order valence-electron chi connectivity index (χ1n) is 11.8. The summed E-state index contributed by atoms with van der Waals surface area (Å²) in [4.78, 5) is 39.7. The van der Waals surface area contributed by atoms with Crippen LogP contribution in [-0.2, 0) is 10.9 Å². The van der Waals surface area contributed by atoms with Crippen LogP contribution < -0.4 is 16.2 Å². The Bertz CT molecular complexity index is 1610. The van der Waals surface area contributed by atoms with E-state index >= 15 is 0 Å². The highest BCUT2D eigenvalue weighted by molar-refractivity contribution is 6.33. The average molecular weight is 611 g/mol. The average Bonchev–Trinajstić information content (AvgIpc) is 2.85. The molecule has 0 saturated heterocycles. The Morgan fingerprint density at radius 3 is 2.29 bits per heavy atom. The Morgan fingerprint density at radius 1 is 1.02 bits per heavy atom. The van der Waals surface area contributed by atoms with Crippen LogP contribution in [-0.4, -0.2) is 40.8 Å². The fourth-order valence-electron chi connectivity index (χ4n) is 3.66. The number of nitrogens with one attached hydrogen (secondary N) is 3. The van der Waals surface area contributed by atoms with Gasteiger partial charge in [0.15, 0.2) is 0 Å². The lowest BCUT2D eigenvalue weighted by molar-refractivity contribution is -0.137. The third kappa shape index (κ3) is 7.71. The molecule has 0 unspecified atom stereocenters. The minimum atomic E-state index is -4.73. The number of phenols is 1. The van der Waals surface area contributed by atoms with Gasteiger partial charge in [0.25, 0.3) is 11.5 Å². The second kappa shape index (κ2) is 12.1. The van der Waals surface area contributed by atoms with Crippen LogP contribution in [0.3, 0.4) is 0 Å². The zero-order chi connectivity index (χ0) is 30.7. The Hall–Kier alpha value is -4.21. The van der Waals surface area contributed by atoms with E-state index < -0.39 is 46.2 Å². The lowest BCUT2D eigenvalue weighted by Gasteiger charge is -2.19. The number of nitrogens with zero attached hydrogens (tertiary/aromatic N) is 1. The summed E-state index contributed by atoms with van der Waals surface area (Å²) in [6, 6.07) is 7.61. The van der Waals surface area contributed by atoms with Crippen molar-refractivity contribution in [3.05, 3.63) is 73.5 Å². The smallest absolute Gasteiger partial charge is 0.416 e. The molecule has 0 fully saturated rings. The number of phenolic OH excluding ortho intramolecular Hbond substituents is 1. The number of amides is 2. The summed E-state index contributed by atoms with van der Waals surface area (Å²) in [5.74, 6) is -1.40. The summed E-state index contributed by atoms with van der Waals surface area (Å²) in [5.41, 5.74) is -4.36. The normalized spacial score (nSPS) is 11.5. The molecule has 2 aromatic carbocycles. The minimum Gasteiger partial charge on any atom is -0.506 e. The van der Waals surface area contributed by atoms with E-state index in [9.17, 15) is 37.9 Å². The van der Waals surface area contributed by atoms with E-state index in [4.69, 9.17) is 27.9 Å². The van der Waals surface area contributed by atoms with Crippen molar-refractivity contribution in [1.29, 1.82) is 5.26 Å². The summed E-state index contributed by atoms with van der Waals surface area (Å²) in [5, 5.41) is 25.2. The van der Waals surface area contributed by atoms with E-state index in [2.05, 4.69) is 15.6 Å². The molecule has 0 spiro atoms. The van der Waals surface area contributed by atoms with Gasteiger partial charge in [-0.25, -0.2) is 4.79 Å². The molecule has 0 aliphatic rings. The molecule has 3 aromatic rings. The summed E-state index contributed by atoms with van der Waals surface area (Å²) >= 11 is 12.3. The Kier molecular flexibility index (Phi) is 9.26. The van der Waals surface area contributed by atoms with Gasteiger partial charge in [0, 0.05) is 39.8 Å². The molecule has 216 valence electrons. The van der Waals surface area contributed by atoms with Crippen LogP contribution in [0.1, 0.15) is 42.3 Å². The van der Waals surface area contributed by atoms with E-state index in [1.807, 2.05) is 0 Å². The predicted octanol–water partition coefficient (Wildman–Crippen LogP) is 5.87. The number of hydrogen-bond donors (Lipinski definition) is 4. The number of carbonyl (C=O) groups excluding carboxylic acids is 2. The number of aromatic amines is 1. The van der Waals surface area contributed by atoms with Crippen molar-refractivity contribution in [3.63, 3.8) is 0 Å². The molecule has 41 heavy (non-hydrogen) atoms. The van der Waals surface area contributed by atoms with Crippen LogP contribution >= 0.6 is 23.2 Å². The van der Waals surface area contributed by atoms with Crippen LogP contribution in [0, 0.1) is 11.3 Å². The molecule has 1 aromatic heterocycles. The number of rotatable bonds is 6. The van der Waals surface area contributed by atoms with Crippen molar-refractivity contribution >= 4 is 35.2 Å². The van der Waals surface area contributed by atoms with Gasteiger partial charge in [-0.05, 0) is 57.2 Å². The number of aromatic nitrogens is 1. The first-order chi connectivity index (χ1) is 19.0. The zero-order valence-corrected chi connectivity index (χ0v) is 23.3. The van der Waals surface area contributed by atoms with Gasteiger partial charge in [-0.1, -0.05) is 23.2 Å². The third-order valence-corrected chi connectivity index (χ3v) is 5.97. The second-order valence-corrected chi connectivity index (χ2v) is 10.5. The fourth-order valence-corrected chi connectivity index (χ4v) is 4.10. The maximum atomic E-state index is 13.4. The van der Waals surface area contributed by atoms with Crippen molar-refractivity contribution in [2.24, 2.45) is 0 Å². The predicted molar refractivity (Wildman–Crippen MR) is 146 cm³/mol. The third-order valence-electron chi connectivity index (χ3n) is 5.42. The number of carbonyl (C=O) groups is 2. The van der Waals surface area contributed by atoms with E-state index in [0.29, 0.717) is 6.07 Å². The van der Waals surface area contributed by atoms with Gasteiger partial charge >= 0.3 is 12.3 Å². The molecule has 9 nitrogen and oxygen atoms in total. The molecule has 0 aliphatic carbocycles. The van der Waals surface area contributed by atoms with Gasteiger partial charge in [-0.2, -0.15) is 18.4 Å². The molecule has 0 saturated carbocycles. The number of nitriles is 1. The first-order valence-corrected chi connectivity index (χ1v) is 12.6. The number of ether oxygens (including phenoxy) is 1. The van der Waals surface area contributed by atoms with Crippen molar-refractivity contribution in [3.8, 4) is 34.2 Å². The number of halogens is 5. The zero-order valence-electron chi connectivity index (χ0n) is 21.8. The summed E-state index contributed by atoms with van der Waals surface area (Å²) in [6.07, 6.45) is -5.42. The largest absolute Gasteiger partial charge is 0.506 e. The maximum absolute atomic E-state index is 13.4. The molecule has 14 heteroatoms. The number of hydrogen-bond acceptors (Lipinski definition) is 6. The number of H-pyrrole nitrogens is 1. The van der Waals surface area contributed by atoms with Gasteiger partial charge in [0.05, 0.1) is 16.8 Å². The molecular weight excluding hydrogens is 588 g/mol. The Labute approximate surface area is 241 Å². The highest BCUT2D eigenvalue weighted by atomic mass is 35.5. The molecule has 0 bridgehead atoms. The Balaban J connectivity index is 1.98. The summed E-state index contributed by atoms with van der Waals surface area (Å²) in [7, 11) is 0. The molecule has 0 atom stereocenters. The number of pyridine rings is 1. The van der Waals surface area contributed by atoms with E-state index in [0.717, 1.165) is 24.3 Å². The number of alkyl halides is 3. The molecular formula is C27H23Cl2F3N4O5. The van der Waals surface area contributed by atoms with Gasteiger partial charge in [-0.3, -0.25) is 9.59 Å². The first kappa shape index (κ1) is 31.3. The molecule has 1 heterocycles. The highest BCUT2D eigenvalue weighted by Gasteiger charge is 2.31. The summed E-state index contributed by atoms with van der Waals surface area (Å²) < 4.78 is 45.2. The van der Waals surface area contributed by atoms with Crippen LogP contribution in [0.5, 0.6) is 5.75 Å². The molecule has 2 amide bonds. The maximum Gasteiger partial charge on any atom is 0.416 e. The van der Waals surface area contributed by atoms with Gasteiger partial charge < -0.3 is 25.5 Å². The molecule has 0 aliphatic heterocycles. The topological polar surface area (TPSA) is 144 Å². The second-order valence-electron chi connectivity index (χ2n) is 9.64. The Morgan fingerprint density at radius 2 is 1.68 bits per heavy atom. The van der Waals surface area contributed by atoms with Gasteiger partial charge in [-0.15, -0.1) is 0 Å². The van der Waals surface area contributed by atoms with E-state index in [1.165, 1.54) is 6.07 Å². The highest BCUT2D eigenvalue weighted by Crippen LogP contribution is 2.39.